The highest BCUT2D eigenvalue weighted by molar-refractivity contribution is 8.00. The number of hydrogen-bond donors (Lipinski definition) is 0. The molecule has 4 aliphatic heterocycles. The van der Waals surface area contributed by atoms with Gasteiger partial charge in [0.1, 0.15) is 23.0 Å². The first-order valence-corrected chi connectivity index (χ1v) is 22.0. The van der Waals surface area contributed by atoms with E-state index in [4.69, 9.17) is 9.47 Å². The molecule has 0 unspecified atom stereocenters. The molecule has 4 heterocycles. The standard InChI is InChI=1S/C49H30O2S2Si/c1-7-19-41-33(13-1)49(34-14-2-8-20-42(34)52-41)35-15-3-9-21-43(35)53-44-30-32(25-27-36(44)49)31-26-28-48-40(29-31)51-39-18-6-12-24-47(39)54(48)45-22-10-4-16-37(45)50-38-17-5-11-23-46(38)54/h1-30H. The molecule has 0 N–H and O–H groups in total. The molecule has 2 spiro atoms. The molecule has 5 heteroatoms. The second kappa shape index (κ2) is 11.4. The van der Waals surface area contributed by atoms with Crippen molar-refractivity contribution in [1.29, 1.82) is 0 Å². The second-order valence-electron chi connectivity index (χ2n) is 14.3. The van der Waals surface area contributed by atoms with Gasteiger partial charge >= 0.3 is 0 Å². The van der Waals surface area contributed by atoms with Crippen molar-refractivity contribution in [3.05, 3.63) is 204 Å². The molecule has 0 saturated carbocycles. The smallest absolute Gasteiger partial charge is 0.196 e. The van der Waals surface area contributed by atoms with Gasteiger partial charge in [0.2, 0.25) is 0 Å². The minimum atomic E-state index is -2.79. The van der Waals surface area contributed by atoms with Crippen LogP contribution in [0.4, 0.5) is 0 Å². The van der Waals surface area contributed by atoms with Gasteiger partial charge in [0.25, 0.3) is 0 Å². The lowest BCUT2D eigenvalue weighted by atomic mass is 9.64. The zero-order valence-electron chi connectivity index (χ0n) is 29.0. The van der Waals surface area contributed by atoms with Crippen LogP contribution in [0.2, 0.25) is 0 Å². The van der Waals surface area contributed by atoms with Gasteiger partial charge in [-0.2, -0.15) is 0 Å². The Balaban J connectivity index is 1.07. The van der Waals surface area contributed by atoms with E-state index in [1.807, 2.05) is 23.5 Å². The summed E-state index contributed by atoms with van der Waals surface area (Å²) < 4.78 is 13.5. The zero-order valence-corrected chi connectivity index (χ0v) is 31.6. The Morgan fingerprint density at radius 2 is 0.722 bits per heavy atom. The van der Waals surface area contributed by atoms with E-state index in [0.29, 0.717) is 0 Å². The molecule has 0 aliphatic carbocycles. The second-order valence-corrected chi connectivity index (χ2v) is 20.1. The van der Waals surface area contributed by atoms with Gasteiger partial charge in [-0.25, -0.2) is 0 Å². The summed E-state index contributed by atoms with van der Waals surface area (Å²) in [6, 6.07) is 66.9. The van der Waals surface area contributed by atoms with Gasteiger partial charge in [-0.3, -0.25) is 0 Å². The van der Waals surface area contributed by atoms with Crippen molar-refractivity contribution in [2.45, 2.75) is 25.0 Å². The van der Waals surface area contributed by atoms with Gasteiger partial charge in [-0.15, -0.1) is 0 Å². The highest BCUT2D eigenvalue weighted by atomic mass is 32.2. The molecular weight excluding hydrogens is 713 g/mol. The van der Waals surface area contributed by atoms with Crippen molar-refractivity contribution in [3.63, 3.8) is 0 Å². The third-order valence-corrected chi connectivity index (χ3v) is 18.9. The molecule has 0 atom stereocenters. The van der Waals surface area contributed by atoms with Gasteiger partial charge in [0.15, 0.2) is 8.07 Å². The molecule has 0 saturated heterocycles. The zero-order chi connectivity index (χ0) is 35.4. The molecule has 54 heavy (non-hydrogen) atoms. The molecule has 0 radical (unpaired) electrons. The summed E-state index contributed by atoms with van der Waals surface area (Å²) >= 11 is 3.77. The van der Waals surface area contributed by atoms with E-state index in [2.05, 4.69) is 182 Å². The number of hydrogen-bond acceptors (Lipinski definition) is 4. The van der Waals surface area contributed by atoms with Crippen LogP contribution in [0.25, 0.3) is 11.1 Å². The van der Waals surface area contributed by atoms with E-state index < -0.39 is 13.5 Å². The number of ether oxygens (including phenoxy) is 2. The quantitative estimate of drug-likeness (QED) is 0.156. The fourth-order valence-corrected chi connectivity index (χ4v) is 17.1. The van der Waals surface area contributed by atoms with Crippen LogP contribution >= 0.6 is 23.5 Å². The maximum absolute atomic E-state index is 6.91. The van der Waals surface area contributed by atoms with Gasteiger partial charge in [0.05, 0.1) is 5.41 Å². The number of fused-ring (bicyclic) bond motifs is 16. The van der Waals surface area contributed by atoms with Crippen LogP contribution in [0.3, 0.4) is 0 Å². The molecule has 254 valence electrons. The fourth-order valence-electron chi connectivity index (χ4n) is 9.60. The first-order chi connectivity index (χ1) is 26.7. The van der Waals surface area contributed by atoms with Crippen LogP contribution < -0.4 is 30.2 Å². The van der Waals surface area contributed by atoms with Crippen molar-refractivity contribution in [1.82, 2.24) is 0 Å². The minimum absolute atomic E-state index is 0.418. The molecule has 8 aromatic carbocycles. The number of benzene rings is 8. The molecule has 12 rings (SSSR count). The lowest BCUT2D eigenvalue weighted by molar-refractivity contribution is 0.482. The summed E-state index contributed by atoms with van der Waals surface area (Å²) in [4.78, 5) is 5.21. The van der Waals surface area contributed by atoms with Crippen molar-refractivity contribution in [2.75, 3.05) is 0 Å². The SMILES string of the molecule is c1ccc2c(c1)Oc1ccccc1[Si]21c2ccccc2Oc2cc(-c3ccc4c(c3)Sc3ccccc3C43c4ccccc4Sc4ccccc43)ccc21. The molecule has 8 aromatic rings. The molecular formula is C49H30O2S2Si. The van der Waals surface area contributed by atoms with Gasteiger partial charge in [0, 0.05) is 19.6 Å². The summed E-state index contributed by atoms with van der Waals surface area (Å²) in [6.07, 6.45) is 0. The first kappa shape index (κ1) is 30.7. The average molecular weight is 743 g/mol. The Morgan fingerprint density at radius 1 is 0.333 bits per heavy atom. The predicted molar refractivity (Wildman–Crippen MR) is 222 cm³/mol. The van der Waals surface area contributed by atoms with Crippen LogP contribution in [-0.2, 0) is 5.41 Å². The van der Waals surface area contributed by atoms with Gasteiger partial charge in [-0.05, 0) is 103 Å². The Morgan fingerprint density at radius 3 is 1.28 bits per heavy atom. The monoisotopic (exact) mass is 742 g/mol. The summed E-state index contributed by atoms with van der Waals surface area (Å²) in [5, 5.41) is 5.03. The van der Waals surface area contributed by atoms with Crippen LogP contribution in [0, 0.1) is 0 Å². The summed E-state index contributed by atoms with van der Waals surface area (Å²) in [6.45, 7) is 0. The maximum atomic E-state index is 6.91. The lowest BCUT2D eigenvalue weighted by Crippen LogP contribution is -2.77. The van der Waals surface area contributed by atoms with Gasteiger partial charge in [-0.1, -0.05) is 157 Å². The first-order valence-electron chi connectivity index (χ1n) is 18.3. The minimum Gasteiger partial charge on any atom is -0.458 e. The van der Waals surface area contributed by atoms with E-state index in [-0.39, 0.29) is 0 Å². The molecule has 0 fully saturated rings. The Labute approximate surface area is 323 Å². The van der Waals surface area contributed by atoms with Crippen LogP contribution in [-0.4, -0.2) is 8.07 Å². The largest absolute Gasteiger partial charge is 0.458 e. The van der Waals surface area contributed by atoms with Crippen LogP contribution in [0.1, 0.15) is 22.3 Å². The van der Waals surface area contributed by atoms with E-state index >= 15 is 0 Å². The normalized spacial score (nSPS) is 15.5. The van der Waals surface area contributed by atoms with Crippen molar-refractivity contribution >= 4 is 52.3 Å². The van der Waals surface area contributed by atoms with Crippen molar-refractivity contribution in [3.8, 4) is 34.1 Å². The topological polar surface area (TPSA) is 18.5 Å². The van der Waals surface area contributed by atoms with Crippen molar-refractivity contribution in [2.24, 2.45) is 0 Å². The molecule has 0 bridgehead atoms. The third kappa shape index (κ3) is 3.99. The highest BCUT2D eigenvalue weighted by Gasteiger charge is 2.53. The molecule has 4 aliphatic rings. The van der Waals surface area contributed by atoms with E-state index in [0.717, 1.165) is 28.6 Å². The highest BCUT2D eigenvalue weighted by Crippen LogP contribution is 2.61. The predicted octanol–water partition coefficient (Wildman–Crippen LogP) is 10.3. The molecule has 2 nitrogen and oxygen atoms in total. The maximum Gasteiger partial charge on any atom is 0.196 e. The van der Waals surface area contributed by atoms with E-state index in [1.54, 1.807) is 0 Å². The van der Waals surface area contributed by atoms with Crippen LogP contribution in [0.15, 0.2) is 202 Å². The van der Waals surface area contributed by atoms with E-state index in [1.165, 1.54) is 68.1 Å². The molecule has 0 aromatic heterocycles. The Kier molecular flexibility index (Phi) is 6.48. The van der Waals surface area contributed by atoms with Gasteiger partial charge < -0.3 is 9.47 Å². The fraction of sp³-hybridized carbons (Fsp3) is 0.0204. The summed E-state index contributed by atoms with van der Waals surface area (Å²) in [5.41, 5.74) is 7.29. The van der Waals surface area contributed by atoms with E-state index in [9.17, 15) is 0 Å². The Bertz CT molecular complexity index is 2560. The van der Waals surface area contributed by atoms with Crippen molar-refractivity contribution < 1.29 is 9.47 Å². The summed E-state index contributed by atoms with van der Waals surface area (Å²) in [7, 11) is -2.79. The molecule has 0 amide bonds. The Hall–Kier alpha value is -5.72. The average Bonchev–Trinajstić information content (AvgIpc) is 3.23. The lowest BCUT2D eigenvalue weighted by Gasteiger charge is -2.45. The van der Waals surface area contributed by atoms with Crippen LogP contribution in [0.5, 0.6) is 23.0 Å². The third-order valence-electron chi connectivity index (χ3n) is 11.7. The number of para-hydroxylation sites is 3. The number of rotatable bonds is 1. The summed E-state index contributed by atoms with van der Waals surface area (Å²) in [5.74, 6) is 3.70.